The van der Waals surface area contributed by atoms with Crippen molar-refractivity contribution in [1.82, 2.24) is 19.5 Å². The van der Waals surface area contributed by atoms with E-state index in [1.54, 1.807) is 6.33 Å². The van der Waals surface area contributed by atoms with Crippen LogP contribution in [0.1, 0.15) is 18.9 Å². The van der Waals surface area contributed by atoms with Crippen LogP contribution in [0.2, 0.25) is 5.15 Å². The van der Waals surface area contributed by atoms with Gasteiger partial charge in [0.15, 0.2) is 10.8 Å². The Hall–Kier alpha value is -1.27. The highest BCUT2D eigenvalue weighted by Gasteiger charge is 2.35. The number of aliphatic hydroxyl groups is 1. The van der Waals surface area contributed by atoms with Crippen molar-refractivity contribution < 1.29 is 9.50 Å². The van der Waals surface area contributed by atoms with Crippen LogP contribution >= 0.6 is 11.6 Å². The van der Waals surface area contributed by atoms with Crippen LogP contribution in [0.3, 0.4) is 0 Å². The third kappa shape index (κ3) is 1.76. The number of aromatic nitrogens is 4. The van der Waals surface area contributed by atoms with E-state index in [1.807, 2.05) is 4.57 Å². The van der Waals surface area contributed by atoms with Crippen LogP contribution in [0.25, 0.3) is 11.2 Å². The normalized spacial score (nSPS) is 28.1. The second kappa shape index (κ2) is 4.44. The number of alkyl halides is 1. The summed E-state index contributed by atoms with van der Waals surface area (Å²) in [6, 6.07) is -0.0342. The van der Waals surface area contributed by atoms with Crippen molar-refractivity contribution in [1.29, 1.82) is 0 Å². The first-order valence-electron chi connectivity index (χ1n) is 5.78. The third-order valence-corrected chi connectivity index (χ3v) is 3.80. The zero-order chi connectivity index (χ0) is 12.7. The molecule has 0 radical (unpaired) electrons. The minimum Gasteiger partial charge on any atom is -0.396 e. The van der Waals surface area contributed by atoms with Gasteiger partial charge in [0.2, 0.25) is 0 Å². The first kappa shape index (κ1) is 11.8. The number of aliphatic hydroxyl groups excluding tert-OH is 1. The Morgan fingerprint density at radius 2 is 2.22 bits per heavy atom. The number of nitrogens with zero attached hydrogens (tertiary/aromatic N) is 4. The molecule has 0 saturated heterocycles. The lowest BCUT2D eigenvalue weighted by molar-refractivity contribution is 0.162. The van der Waals surface area contributed by atoms with Crippen LogP contribution in [0, 0.1) is 5.92 Å². The zero-order valence-electron chi connectivity index (χ0n) is 9.50. The molecule has 1 N–H and O–H groups in total. The predicted molar refractivity (Wildman–Crippen MR) is 64.1 cm³/mol. The molecule has 2 aromatic rings. The van der Waals surface area contributed by atoms with Gasteiger partial charge in [0.05, 0.1) is 6.33 Å². The number of hydrogen-bond acceptors (Lipinski definition) is 4. The van der Waals surface area contributed by atoms with Crippen LogP contribution < -0.4 is 0 Å². The Morgan fingerprint density at radius 3 is 2.94 bits per heavy atom. The molecule has 5 nitrogen and oxygen atoms in total. The van der Waals surface area contributed by atoms with Gasteiger partial charge in [-0.2, -0.15) is 0 Å². The van der Waals surface area contributed by atoms with Crippen molar-refractivity contribution in [3.63, 3.8) is 0 Å². The van der Waals surface area contributed by atoms with Gasteiger partial charge < -0.3 is 9.67 Å². The molecule has 0 aliphatic heterocycles. The molecular weight excluding hydrogens is 259 g/mol. The van der Waals surface area contributed by atoms with E-state index in [4.69, 9.17) is 16.7 Å². The van der Waals surface area contributed by atoms with Crippen LogP contribution in [0.4, 0.5) is 4.39 Å². The molecule has 96 valence electrons. The third-order valence-electron chi connectivity index (χ3n) is 3.53. The van der Waals surface area contributed by atoms with Crippen molar-refractivity contribution >= 4 is 22.8 Å². The first-order valence-corrected chi connectivity index (χ1v) is 6.16. The van der Waals surface area contributed by atoms with Crippen LogP contribution in [-0.4, -0.2) is 37.4 Å². The molecule has 7 heteroatoms. The lowest BCUT2D eigenvalue weighted by atomic mass is 10.1. The summed E-state index contributed by atoms with van der Waals surface area (Å²) in [6.07, 6.45) is 2.97. The van der Waals surface area contributed by atoms with Crippen LogP contribution in [0.5, 0.6) is 0 Å². The standard InChI is InChI=1S/C11H12ClFN4O/c12-10-9-11(15-4-14-10)17(5-16-9)7-1-6(3-18)8(13)2-7/h4-8,18H,1-3H2/t6-,7-,8+/m1/s1. The van der Waals surface area contributed by atoms with Gasteiger partial charge in [-0.1, -0.05) is 11.6 Å². The number of rotatable bonds is 2. The molecule has 1 saturated carbocycles. The second-order valence-corrected chi connectivity index (χ2v) is 4.93. The number of fused-ring (bicyclic) bond motifs is 1. The highest BCUT2D eigenvalue weighted by atomic mass is 35.5. The molecule has 0 bridgehead atoms. The van der Waals surface area contributed by atoms with Crippen molar-refractivity contribution in [3.05, 3.63) is 17.8 Å². The first-order chi connectivity index (χ1) is 8.70. The monoisotopic (exact) mass is 270 g/mol. The van der Waals surface area contributed by atoms with Gasteiger partial charge in [-0.15, -0.1) is 0 Å². The molecule has 18 heavy (non-hydrogen) atoms. The van der Waals surface area contributed by atoms with E-state index in [9.17, 15) is 4.39 Å². The minimum absolute atomic E-state index is 0.0342. The summed E-state index contributed by atoms with van der Waals surface area (Å²) in [5, 5.41) is 9.40. The summed E-state index contributed by atoms with van der Waals surface area (Å²) in [6.45, 7) is -0.125. The Morgan fingerprint density at radius 1 is 1.39 bits per heavy atom. The van der Waals surface area contributed by atoms with Gasteiger partial charge in [0.1, 0.15) is 18.0 Å². The van der Waals surface area contributed by atoms with Crippen LogP contribution in [0.15, 0.2) is 12.7 Å². The van der Waals surface area contributed by atoms with Gasteiger partial charge in [0.25, 0.3) is 0 Å². The SMILES string of the molecule is OC[C@H]1C[C@@H](n2cnc3c(Cl)ncnc32)C[C@@H]1F. The summed E-state index contributed by atoms with van der Waals surface area (Å²) in [5.74, 6) is -0.301. The largest absolute Gasteiger partial charge is 0.396 e. The summed E-state index contributed by atoms with van der Waals surface area (Å²) >= 11 is 5.92. The molecule has 1 aliphatic carbocycles. The summed E-state index contributed by atoms with van der Waals surface area (Å²) < 4.78 is 15.5. The van der Waals surface area contributed by atoms with Gasteiger partial charge in [0, 0.05) is 18.6 Å². The number of imidazole rings is 1. The topological polar surface area (TPSA) is 63.8 Å². The average molecular weight is 271 g/mol. The van der Waals surface area contributed by atoms with E-state index >= 15 is 0 Å². The van der Waals surface area contributed by atoms with Gasteiger partial charge in [-0.25, -0.2) is 19.3 Å². The molecule has 2 heterocycles. The molecule has 2 aromatic heterocycles. The zero-order valence-corrected chi connectivity index (χ0v) is 10.3. The van der Waals surface area contributed by atoms with Crippen molar-refractivity contribution in [2.45, 2.75) is 25.1 Å². The van der Waals surface area contributed by atoms with Gasteiger partial charge >= 0.3 is 0 Å². The molecule has 3 rings (SSSR count). The maximum atomic E-state index is 13.7. The quantitative estimate of drug-likeness (QED) is 0.845. The highest BCUT2D eigenvalue weighted by molar-refractivity contribution is 6.33. The summed E-state index contributed by atoms with van der Waals surface area (Å²) in [4.78, 5) is 12.2. The van der Waals surface area contributed by atoms with E-state index in [0.29, 0.717) is 29.2 Å². The Kier molecular flexibility index (Phi) is 2.91. The van der Waals surface area contributed by atoms with Crippen molar-refractivity contribution in [3.8, 4) is 0 Å². The minimum atomic E-state index is -0.977. The highest BCUT2D eigenvalue weighted by Crippen LogP contribution is 2.38. The molecular formula is C11H12ClFN4O. The van der Waals surface area contributed by atoms with E-state index in [-0.39, 0.29) is 18.6 Å². The molecule has 0 aromatic carbocycles. The lowest BCUT2D eigenvalue weighted by Crippen LogP contribution is -2.11. The Bertz CT molecular complexity index is 575. The van der Waals surface area contributed by atoms with E-state index in [2.05, 4.69) is 15.0 Å². The fourth-order valence-electron chi connectivity index (χ4n) is 2.55. The van der Waals surface area contributed by atoms with Crippen molar-refractivity contribution in [2.24, 2.45) is 5.92 Å². The number of hydrogen-bond donors (Lipinski definition) is 1. The van der Waals surface area contributed by atoms with Gasteiger partial charge in [-0.3, -0.25) is 0 Å². The van der Waals surface area contributed by atoms with E-state index in [0.717, 1.165) is 0 Å². The fraction of sp³-hybridized carbons (Fsp3) is 0.545. The van der Waals surface area contributed by atoms with E-state index < -0.39 is 6.17 Å². The van der Waals surface area contributed by atoms with E-state index in [1.165, 1.54) is 6.33 Å². The summed E-state index contributed by atoms with van der Waals surface area (Å²) in [5.41, 5.74) is 1.15. The molecule has 0 unspecified atom stereocenters. The average Bonchev–Trinajstić information content (AvgIpc) is 2.93. The molecule has 0 spiro atoms. The fourth-order valence-corrected chi connectivity index (χ4v) is 2.73. The maximum Gasteiger partial charge on any atom is 0.165 e. The molecule has 3 atom stereocenters. The van der Waals surface area contributed by atoms with Gasteiger partial charge in [-0.05, 0) is 12.8 Å². The Labute approximate surface area is 108 Å². The predicted octanol–water partition coefficient (Wildman–Crippen LogP) is 1.76. The maximum absolute atomic E-state index is 13.7. The number of halogens is 2. The smallest absolute Gasteiger partial charge is 0.165 e. The van der Waals surface area contributed by atoms with Crippen LogP contribution in [-0.2, 0) is 0 Å². The molecule has 1 fully saturated rings. The summed E-state index contributed by atoms with van der Waals surface area (Å²) in [7, 11) is 0. The second-order valence-electron chi connectivity index (χ2n) is 4.57. The Balaban J connectivity index is 1.99. The molecule has 1 aliphatic rings. The van der Waals surface area contributed by atoms with Crippen molar-refractivity contribution in [2.75, 3.05) is 6.61 Å². The lowest BCUT2D eigenvalue weighted by Gasteiger charge is -2.11. The molecule has 0 amide bonds.